The molecule has 1 saturated carbocycles. The summed E-state index contributed by atoms with van der Waals surface area (Å²) in [7, 11) is 4.17. The molecular formula is C18H33N3O3. The maximum absolute atomic E-state index is 12.7. The van der Waals surface area contributed by atoms with Crippen molar-refractivity contribution >= 4 is 6.03 Å². The van der Waals surface area contributed by atoms with Gasteiger partial charge < -0.3 is 25.0 Å². The van der Waals surface area contributed by atoms with Gasteiger partial charge in [-0.05, 0) is 46.2 Å². The normalized spacial score (nSPS) is 33.2. The van der Waals surface area contributed by atoms with Crippen molar-refractivity contribution in [2.75, 3.05) is 46.9 Å². The van der Waals surface area contributed by atoms with Crippen LogP contribution in [-0.4, -0.2) is 79.0 Å². The molecule has 3 rings (SSSR count). The number of nitrogens with zero attached hydrogens (tertiary/aromatic N) is 2. The van der Waals surface area contributed by atoms with E-state index in [0.717, 1.165) is 51.7 Å². The van der Waals surface area contributed by atoms with Gasteiger partial charge in [-0.1, -0.05) is 12.8 Å². The van der Waals surface area contributed by atoms with Crippen LogP contribution in [-0.2, 0) is 4.74 Å². The molecule has 138 valence electrons. The van der Waals surface area contributed by atoms with Gasteiger partial charge in [-0.2, -0.15) is 0 Å². The van der Waals surface area contributed by atoms with E-state index in [0.29, 0.717) is 19.6 Å². The van der Waals surface area contributed by atoms with Crippen LogP contribution in [0, 0.1) is 5.92 Å². The van der Waals surface area contributed by atoms with E-state index in [1.54, 1.807) is 0 Å². The van der Waals surface area contributed by atoms with Crippen molar-refractivity contribution < 1.29 is 14.6 Å². The Morgan fingerprint density at radius 3 is 2.71 bits per heavy atom. The molecule has 3 aliphatic rings. The van der Waals surface area contributed by atoms with E-state index in [2.05, 4.69) is 24.3 Å². The summed E-state index contributed by atoms with van der Waals surface area (Å²) in [5.41, 5.74) is -0.532. The molecule has 6 heteroatoms. The number of ether oxygens (including phenoxy) is 1. The fraction of sp³-hybridized carbons (Fsp3) is 0.944. The molecule has 2 heterocycles. The summed E-state index contributed by atoms with van der Waals surface area (Å²) < 4.78 is 5.49. The van der Waals surface area contributed by atoms with E-state index >= 15 is 0 Å². The van der Waals surface area contributed by atoms with Crippen LogP contribution in [0.15, 0.2) is 0 Å². The number of carbonyl (C=O) groups is 1. The second-order valence-corrected chi connectivity index (χ2v) is 8.13. The number of rotatable bonds is 3. The van der Waals surface area contributed by atoms with E-state index < -0.39 is 5.60 Å². The minimum absolute atomic E-state index is 0.00469. The topological polar surface area (TPSA) is 65.0 Å². The van der Waals surface area contributed by atoms with Gasteiger partial charge in [0.25, 0.3) is 0 Å². The molecule has 0 bridgehead atoms. The lowest BCUT2D eigenvalue weighted by Crippen LogP contribution is -2.60. The third-order valence-corrected chi connectivity index (χ3v) is 6.66. The van der Waals surface area contributed by atoms with Crippen molar-refractivity contribution in [1.82, 2.24) is 15.1 Å². The molecule has 6 nitrogen and oxygen atoms in total. The second kappa shape index (κ2) is 7.18. The van der Waals surface area contributed by atoms with Crippen LogP contribution < -0.4 is 5.32 Å². The molecule has 3 fully saturated rings. The predicted octanol–water partition coefficient (Wildman–Crippen LogP) is 1.43. The van der Waals surface area contributed by atoms with Gasteiger partial charge in [-0.25, -0.2) is 4.79 Å². The van der Waals surface area contributed by atoms with Crippen molar-refractivity contribution in [3.8, 4) is 0 Å². The summed E-state index contributed by atoms with van der Waals surface area (Å²) in [4.78, 5) is 16.8. The first-order chi connectivity index (χ1) is 11.5. The van der Waals surface area contributed by atoms with Crippen molar-refractivity contribution in [2.24, 2.45) is 5.92 Å². The zero-order valence-corrected chi connectivity index (χ0v) is 15.2. The minimum Gasteiger partial charge on any atom is -0.389 e. The lowest BCUT2D eigenvalue weighted by molar-refractivity contribution is -0.0873. The molecular weight excluding hydrogens is 306 g/mol. The van der Waals surface area contributed by atoms with E-state index in [-0.39, 0.29) is 17.5 Å². The highest BCUT2D eigenvalue weighted by Crippen LogP contribution is 2.39. The summed E-state index contributed by atoms with van der Waals surface area (Å²) in [6, 6.07) is 0.0235. The third kappa shape index (κ3) is 3.55. The lowest BCUT2D eigenvalue weighted by Gasteiger charge is -2.48. The highest BCUT2D eigenvalue weighted by Gasteiger charge is 2.44. The molecule has 2 saturated heterocycles. The number of piperidine rings is 1. The molecule has 0 radical (unpaired) electrons. The van der Waals surface area contributed by atoms with E-state index in [1.807, 2.05) is 4.90 Å². The number of hydrogen-bond acceptors (Lipinski definition) is 4. The average molecular weight is 339 g/mol. The van der Waals surface area contributed by atoms with Crippen LogP contribution >= 0.6 is 0 Å². The number of carbonyl (C=O) groups excluding carboxylic acids is 1. The molecule has 2 N–H and O–H groups in total. The number of urea groups is 1. The summed E-state index contributed by atoms with van der Waals surface area (Å²) in [6.45, 7) is 3.53. The van der Waals surface area contributed by atoms with Gasteiger partial charge in [0, 0.05) is 44.3 Å². The zero-order chi connectivity index (χ0) is 17.2. The smallest absolute Gasteiger partial charge is 0.317 e. The van der Waals surface area contributed by atoms with E-state index in [9.17, 15) is 9.90 Å². The number of likely N-dealkylation sites (N-methyl/N-ethyl adjacent to an activating group) is 1. The number of aliphatic hydroxyl groups is 1. The van der Waals surface area contributed by atoms with Gasteiger partial charge in [0.1, 0.15) is 0 Å². The molecule has 0 aromatic heterocycles. The minimum atomic E-state index is -0.527. The Morgan fingerprint density at radius 1 is 1.25 bits per heavy atom. The van der Waals surface area contributed by atoms with E-state index in [4.69, 9.17) is 4.74 Å². The van der Waals surface area contributed by atoms with Gasteiger partial charge in [0.05, 0.1) is 5.60 Å². The Kier molecular flexibility index (Phi) is 5.37. The molecule has 24 heavy (non-hydrogen) atoms. The lowest BCUT2D eigenvalue weighted by atomic mass is 9.71. The summed E-state index contributed by atoms with van der Waals surface area (Å²) in [5.74, 6) is 0.247. The maximum Gasteiger partial charge on any atom is 0.317 e. The molecule has 2 aliphatic heterocycles. The Morgan fingerprint density at radius 2 is 2.00 bits per heavy atom. The number of likely N-dealkylation sites (tertiary alicyclic amines) is 1. The molecule has 1 aliphatic carbocycles. The molecule has 0 spiro atoms. The predicted molar refractivity (Wildman–Crippen MR) is 93.0 cm³/mol. The van der Waals surface area contributed by atoms with Gasteiger partial charge in [-0.3, -0.25) is 0 Å². The summed E-state index contributed by atoms with van der Waals surface area (Å²) in [6.07, 6.45) is 6.85. The highest BCUT2D eigenvalue weighted by atomic mass is 16.5. The maximum atomic E-state index is 12.7. The fourth-order valence-corrected chi connectivity index (χ4v) is 4.64. The van der Waals surface area contributed by atoms with Crippen molar-refractivity contribution in [3.05, 3.63) is 0 Å². The van der Waals surface area contributed by atoms with Crippen molar-refractivity contribution in [1.29, 1.82) is 0 Å². The zero-order valence-electron chi connectivity index (χ0n) is 15.2. The largest absolute Gasteiger partial charge is 0.389 e. The Bertz CT molecular complexity index is 451. The molecule has 2 atom stereocenters. The number of nitrogens with one attached hydrogen (secondary N) is 1. The second-order valence-electron chi connectivity index (χ2n) is 8.13. The third-order valence-electron chi connectivity index (χ3n) is 6.66. The molecule has 2 amide bonds. The fourth-order valence-electron chi connectivity index (χ4n) is 4.64. The van der Waals surface area contributed by atoms with Crippen molar-refractivity contribution in [3.63, 3.8) is 0 Å². The van der Waals surface area contributed by atoms with Gasteiger partial charge >= 0.3 is 6.03 Å². The van der Waals surface area contributed by atoms with E-state index in [1.165, 1.54) is 6.42 Å². The summed E-state index contributed by atoms with van der Waals surface area (Å²) in [5, 5.41) is 13.9. The first kappa shape index (κ1) is 18.0. The molecule has 0 unspecified atom stereocenters. The Hall–Kier alpha value is -0.850. The molecule has 0 aromatic carbocycles. The summed E-state index contributed by atoms with van der Waals surface area (Å²) >= 11 is 0. The monoisotopic (exact) mass is 339 g/mol. The van der Waals surface area contributed by atoms with Crippen molar-refractivity contribution in [2.45, 2.75) is 56.1 Å². The number of fused-ring (bicyclic) bond motifs is 1. The van der Waals surface area contributed by atoms with Gasteiger partial charge in [-0.15, -0.1) is 0 Å². The van der Waals surface area contributed by atoms with Gasteiger partial charge in [0.2, 0.25) is 0 Å². The number of amides is 2. The Labute approximate surface area is 145 Å². The van der Waals surface area contributed by atoms with Crippen LogP contribution in [0.25, 0.3) is 0 Å². The van der Waals surface area contributed by atoms with Crippen LogP contribution in [0.5, 0.6) is 0 Å². The standard InChI is InChI=1S/C18H33N3O3/c1-20(2)17(8-11-24-12-9-17)14-19-16(22)21-10-7-18(23)6-4-3-5-15(18)13-21/h15,23H,3-14H2,1-2H3,(H,19,22)/t15-,18+/m0/s1. The quantitative estimate of drug-likeness (QED) is 0.816. The first-order valence-corrected chi connectivity index (χ1v) is 9.46. The Balaban J connectivity index is 1.55. The number of hydrogen-bond donors (Lipinski definition) is 2. The average Bonchev–Trinajstić information content (AvgIpc) is 2.59. The SMILES string of the molecule is CN(C)C1(CNC(=O)N2CC[C@]3(O)CCCC[C@H]3C2)CCOCC1. The van der Waals surface area contributed by atoms with Crippen LogP contribution in [0.1, 0.15) is 44.9 Å². The van der Waals surface area contributed by atoms with Crippen LogP contribution in [0.3, 0.4) is 0 Å². The van der Waals surface area contributed by atoms with Gasteiger partial charge in [0.15, 0.2) is 0 Å². The molecule has 0 aromatic rings. The van der Waals surface area contributed by atoms with Crippen LogP contribution in [0.2, 0.25) is 0 Å². The van der Waals surface area contributed by atoms with Crippen LogP contribution in [0.4, 0.5) is 4.79 Å². The first-order valence-electron chi connectivity index (χ1n) is 9.46. The highest BCUT2D eigenvalue weighted by molar-refractivity contribution is 5.74.